The minimum absolute atomic E-state index is 0.0169. The molecule has 112 valence electrons. The van der Waals surface area contributed by atoms with E-state index in [0.29, 0.717) is 17.9 Å². The van der Waals surface area contributed by atoms with E-state index in [2.05, 4.69) is 24.3 Å². The molecule has 0 bridgehead atoms. The summed E-state index contributed by atoms with van der Waals surface area (Å²) in [5.74, 6) is 1.24. The Morgan fingerprint density at radius 3 is 2.50 bits per heavy atom. The van der Waals surface area contributed by atoms with Crippen molar-refractivity contribution in [2.45, 2.75) is 44.6 Å². The average Bonchev–Trinajstić information content (AvgIpc) is 3.00. The van der Waals surface area contributed by atoms with Crippen LogP contribution in [0.3, 0.4) is 0 Å². The van der Waals surface area contributed by atoms with Crippen LogP contribution in [0, 0.1) is 5.41 Å². The Labute approximate surface area is 132 Å². The number of benzene rings is 1. The molecule has 0 aromatic heterocycles. The van der Waals surface area contributed by atoms with Crippen molar-refractivity contribution in [1.82, 2.24) is 0 Å². The highest BCUT2D eigenvalue weighted by Crippen LogP contribution is 2.33. The molecule has 0 N–H and O–H groups in total. The number of halogens is 2. The van der Waals surface area contributed by atoms with Crippen LogP contribution < -0.4 is 0 Å². The number of ether oxygens (including phenoxy) is 1. The minimum atomic E-state index is 0.0169. The quantitative estimate of drug-likeness (QED) is 0.611. The molecule has 1 aromatic rings. The van der Waals surface area contributed by atoms with Gasteiger partial charge in [0.2, 0.25) is 0 Å². The van der Waals surface area contributed by atoms with Crippen molar-refractivity contribution in [2.75, 3.05) is 18.4 Å². The maximum atomic E-state index is 6.25. The number of rotatable bonds is 8. The van der Waals surface area contributed by atoms with Crippen LogP contribution in [0.5, 0.6) is 0 Å². The summed E-state index contributed by atoms with van der Waals surface area (Å²) in [4.78, 5) is 0. The molecule has 3 heteroatoms. The average molecular weight is 315 g/mol. The predicted octanol–water partition coefficient (Wildman–Crippen LogP) is 5.04. The van der Waals surface area contributed by atoms with Gasteiger partial charge in [-0.3, -0.25) is 0 Å². The second-order valence-electron chi connectivity index (χ2n) is 5.96. The number of hydrogen-bond donors (Lipinski definition) is 0. The Bertz CT molecular complexity index is 370. The molecule has 0 amide bonds. The van der Waals surface area contributed by atoms with Gasteiger partial charge in [-0.05, 0) is 37.7 Å². The highest BCUT2D eigenvalue weighted by Gasteiger charge is 2.29. The van der Waals surface area contributed by atoms with Crippen LogP contribution in [0.25, 0.3) is 0 Å². The highest BCUT2D eigenvalue weighted by atomic mass is 35.5. The summed E-state index contributed by atoms with van der Waals surface area (Å²) >= 11 is 12.5. The molecule has 0 saturated carbocycles. The van der Waals surface area contributed by atoms with Gasteiger partial charge in [0.15, 0.2) is 0 Å². The summed E-state index contributed by atoms with van der Waals surface area (Å²) in [5.41, 5.74) is 1.34. The van der Waals surface area contributed by atoms with E-state index in [9.17, 15) is 0 Å². The predicted molar refractivity (Wildman–Crippen MR) is 86.8 cm³/mol. The third-order valence-corrected chi connectivity index (χ3v) is 5.38. The topological polar surface area (TPSA) is 9.23 Å². The van der Waals surface area contributed by atoms with Crippen LogP contribution in [-0.4, -0.2) is 24.5 Å². The Hall–Kier alpha value is -0.240. The maximum Gasteiger partial charge on any atom is 0.0576 e. The second kappa shape index (κ2) is 8.26. The van der Waals surface area contributed by atoms with E-state index < -0.39 is 0 Å². The fourth-order valence-electron chi connectivity index (χ4n) is 2.96. The molecular weight excluding hydrogens is 291 g/mol. The highest BCUT2D eigenvalue weighted by molar-refractivity contribution is 6.21. The lowest BCUT2D eigenvalue weighted by atomic mass is 9.80. The third-order valence-electron chi connectivity index (χ3n) is 4.25. The van der Waals surface area contributed by atoms with Gasteiger partial charge in [0.05, 0.1) is 6.10 Å². The van der Waals surface area contributed by atoms with Crippen LogP contribution in [0.1, 0.15) is 37.7 Å². The number of hydrogen-bond acceptors (Lipinski definition) is 1. The first-order valence-electron chi connectivity index (χ1n) is 7.55. The second-order valence-corrected chi connectivity index (χ2v) is 6.49. The molecule has 1 saturated heterocycles. The van der Waals surface area contributed by atoms with Crippen LogP contribution in [0.4, 0.5) is 0 Å². The first-order chi connectivity index (χ1) is 9.78. The van der Waals surface area contributed by atoms with Gasteiger partial charge in [-0.15, -0.1) is 23.2 Å². The van der Waals surface area contributed by atoms with Gasteiger partial charge >= 0.3 is 0 Å². The summed E-state index contributed by atoms with van der Waals surface area (Å²) in [5, 5.41) is 0. The molecule has 0 spiro atoms. The summed E-state index contributed by atoms with van der Waals surface area (Å²) in [7, 11) is 0. The van der Waals surface area contributed by atoms with E-state index in [1.807, 2.05) is 6.07 Å². The Morgan fingerprint density at radius 2 is 1.90 bits per heavy atom. The van der Waals surface area contributed by atoms with Crippen molar-refractivity contribution in [1.29, 1.82) is 0 Å². The molecule has 1 heterocycles. The van der Waals surface area contributed by atoms with Crippen molar-refractivity contribution in [2.24, 2.45) is 5.41 Å². The molecule has 1 nitrogen and oxygen atoms in total. The molecule has 1 atom stereocenters. The van der Waals surface area contributed by atoms with Crippen molar-refractivity contribution in [3.8, 4) is 0 Å². The van der Waals surface area contributed by atoms with E-state index in [-0.39, 0.29) is 5.41 Å². The first-order valence-corrected chi connectivity index (χ1v) is 8.62. The molecule has 1 aliphatic rings. The molecule has 1 unspecified atom stereocenters. The molecule has 2 rings (SSSR count). The van der Waals surface area contributed by atoms with Gasteiger partial charge in [-0.2, -0.15) is 0 Å². The van der Waals surface area contributed by atoms with Crippen LogP contribution in [0.15, 0.2) is 30.3 Å². The molecule has 1 aromatic carbocycles. The van der Waals surface area contributed by atoms with Crippen LogP contribution in [0.2, 0.25) is 0 Å². The van der Waals surface area contributed by atoms with Gasteiger partial charge in [0, 0.05) is 23.8 Å². The lowest BCUT2D eigenvalue weighted by Gasteiger charge is -2.30. The van der Waals surface area contributed by atoms with Gasteiger partial charge in [0.1, 0.15) is 0 Å². The SMILES string of the molecule is ClCC(CCl)(CCCC1CCCO1)Cc1ccccc1. The van der Waals surface area contributed by atoms with Gasteiger partial charge in [-0.1, -0.05) is 36.8 Å². The van der Waals surface area contributed by atoms with E-state index >= 15 is 0 Å². The number of alkyl halides is 2. The van der Waals surface area contributed by atoms with Gasteiger partial charge < -0.3 is 4.74 Å². The summed E-state index contributed by atoms with van der Waals surface area (Å²) in [6.07, 6.45) is 7.23. The zero-order valence-electron chi connectivity index (χ0n) is 12.0. The van der Waals surface area contributed by atoms with Crippen molar-refractivity contribution >= 4 is 23.2 Å². The molecule has 20 heavy (non-hydrogen) atoms. The van der Waals surface area contributed by atoms with Crippen LogP contribution in [-0.2, 0) is 11.2 Å². The Kier molecular flexibility index (Phi) is 6.67. The van der Waals surface area contributed by atoms with Crippen LogP contribution >= 0.6 is 23.2 Å². The van der Waals surface area contributed by atoms with Gasteiger partial charge in [0.25, 0.3) is 0 Å². The summed E-state index contributed by atoms with van der Waals surface area (Å²) < 4.78 is 5.69. The van der Waals surface area contributed by atoms with Crippen molar-refractivity contribution in [3.63, 3.8) is 0 Å². The molecular formula is C17H24Cl2O. The van der Waals surface area contributed by atoms with E-state index in [1.165, 1.54) is 18.4 Å². The monoisotopic (exact) mass is 314 g/mol. The normalized spacial score (nSPS) is 19.4. The summed E-state index contributed by atoms with van der Waals surface area (Å²) in [6, 6.07) is 10.5. The molecule has 1 aliphatic heterocycles. The Balaban J connectivity index is 1.87. The van der Waals surface area contributed by atoms with E-state index in [1.54, 1.807) is 0 Å². The largest absolute Gasteiger partial charge is 0.378 e. The first kappa shape index (κ1) is 16.1. The lowest BCUT2D eigenvalue weighted by molar-refractivity contribution is 0.0989. The van der Waals surface area contributed by atoms with E-state index in [4.69, 9.17) is 27.9 Å². The van der Waals surface area contributed by atoms with Crippen molar-refractivity contribution in [3.05, 3.63) is 35.9 Å². The summed E-state index contributed by atoms with van der Waals surface area (Å²) in [6.45, 7) is 0.935. The fourth-order valence-corrected chi connectivity index (χ4v) is 3.70. The third kappa shape index (κ3) is 4.65. The fraction of sp³-hybridized carbons (Fsp3) is 0.647. The van der Waals surface area contributed by atoms with Crippen molar-refractivity contribution < 1.29 is 4.74 Å². The lowest BCUT2D eigenvalue weighted by Crippen LogP contribution is -2.28. The Morgan fingerprint density at radius 1 is 1.15 bits per heavy atom. The standard InChI is InChI=1S/C17H24Cl2O/c18-13-17(14-19,12-15-6-2-1-3-7-15)10-4-8-16-9-5-11-20-16/h1-3,6-7,16H,4-5,8-14H2. The molecule has 0 aliphatic carbocycles. The smallest absolute Gasteiger partial charge is 0.0576 e. The molecule has 0 radical (unpaired) electrons. The van der Waals surface area contributed by atoms with E-state index in [0.717, 1.165) is 32.3 Å². The minimum Gasteiger partial charge on any atom is -0.378 e. The maximum absolute atomic E-state index is 6.25. The van der Waals surface area contributed by atoms with Gasteiger partial charge in [-0.25, -0.2) is 0 Å². The molecule has 1 fully saturated rings. The zero-order chi connectivity index (χ0) is 14.3. The zero-order valence-corrected chi connectivity index (χ0v) is 13.5.